The van der Waals surface area contributed by atoms with E-state index in [-0.39, 0.29) is 30.5 Å². The first-order chi connectivity index (χ1) is 11.1. The number of carbonyl (C=O) groups excluding carboxylic acids is 1. The zero-order valence-corrected chi connectivity index (χ0v) is 15.2. The molecule has 2 aliphatic heterocycles. The highest BCUT2D eigenvalue weighted by Gasteiger charge is 2.28. The van der Waals surface area contributed by atoms with Crippen molar-refractivity contribution in [3.8, 4) is 5.75 Å². The van der Waals surface area contributed by atoms with Crippen molar-refractivity contribution in [1.29, 1.82) is 0 Å². The minimum atomic E-state index is 0. The first kappa shape index (κ1) is 19.0. The minimum absolute atomic E-state index is 0. The van der Waals surface area contributed by atoms with Crippen LogP contribution in [0.25, 0.3) is 0 Å². The molecule has 6 heteroatoms. The maximum absolute atomic E-state index is 12.8. The summed E-state index contributed by atoms with van der Waals surface area (Å²) in [6.07, 6.45) is 2.34. The number of hydrogen-bond donors (Lipinski definition) is 1. The molecule has 0 bridgehead atoms. The van der Waals surface area contributed by atoms with Crippen LogP contribution in [0.15, 0.2) is 24.3 Å². The quantitative estimate of drug-likeness (QED) is 0.902. The summed E-state index contributed by atoms with van der Waals surface area (Å²) < 4.78 is 11.4. The molecule has 1 aromatic rings. The lowest BCUT2D eigenvalue weighted by atomic mass is 10.1. The molecule has 1 amide bonds. The van der Waals surface area contributed by atoms with Crippen LogP contribution in [0.2, 0.25) is 0 Å². The Kier molecular flexibility index (Phi) is 6.90. The predicted molar refractivity (Wildman–Crippen MR) is 96.1 cm³/mol. The van der Waals surface area contributed by atoms with Gasteiger partial charge in [0.1, 0.15) is 12.4 Å². The summed E-state index contributed by atoms with van der Waals surface area (Å²) in [5.74, 6) is 0.815. The fraction of sp³-hybridized carbons (Fsp3) is 0.611. The van der Waals surface area contributed by atoms with E-state index in [1.165, 1.54) is 0 Å². The molecule has 5 nitrogen and oxygen atoms in total. The molecule has 2 fully saturated rings. The van der Waals surface area contributed by atoms with Crippen LogP contribution in [0.3, 0.4) is 0 Å². The van der Waals surface area contributed by atoms with Gasteiger partial charge in [0.2, 0.25) is 0 Å². The van der Waals surface area contributed by atoms with Gasteiger partial charge in [-0.3, -0.25) is 4.79 Å². The first-order valence-electron chi connectivity index (χ1n) is 8.54. The molecule has 0 saturated carbocycles. The molecule has 24 heavy (non-hydrogen) atoms. The molecule has 3 unspecified atom stereocenters. The summed E-state index contributed by atoms with van der Waals surface area (Å²) in [6, 6.07) is 7.99. The minimum Gasteiger partial charge on any atom is -0.491 e. The van der Waals surface area contributed by atoms with Gasteiger partial charge in [-0.1, -0.05) is 6.07 Å². The number of piperazine rings is 1. The normalized spacial score (nSPS) is 26.8. The highest BCUT2D eigenvalue weighted by Crippen LogP contribution is 2.20. The summed E-state index contributed by atoms with van der Waals surface area (Å²) in [7, 11) is 0. The first-order valence-corrected chi connectivity index (χ1v) is 8.54. The standard InChI is InChI=1S/C18H26N2O3.ClH/c1-13-14(2)20(9-8-19-13)18(21)15-5-3-6-16(11-15)23-12-17-7-4-10-22-17;/h3,5-6,11,13-14,17,19H,4,7-10,12H2,1-2H3;1H. The third kappa shape index (κ3) is 4.41. The summed E-state index contributed by atoms with van der Waals surface area (Å²) in [5.41, 5.74) is 0.691. The molecule has 2 saturated heterocycles. The van der Waals surface area contributed by atoms with Crippen LogP contribution in [0.1, 0.15) is 37.0 Å². The molecule has 1 aromatic carbocycles. The van der Waals surface area contributed by atoms with E-state index in [0.29, 0.717) is 18.2 Å². The van der Waals surface area contributed by atoms with Crippen molar-refractivity contribution in [3.05, 3.63) is 29.8 Å². The Bertz CT molecular complexity index is 549. The molecule has 2 aliphatic rings. The Morgan fingerprint density at radius 3 is 3.00 bits per heavy atom. The fourth-order valence-electron chi connectivity index (χ4n) is 3.19. The number of carbonyl (C=O) groups is 1. The van der Waals surface area contributed by atoms with E-state index in [1.54, 1.807) is 0 Å². The fourth-order valence-corrected chi connectivity index (χ4v) is 3.19. The molecule has 0 aromatic heterocycles. The van der Waals surface area contributed by atoms with Crippen molar-refractivity contribution >= 4 is 18.3 Å². The van der Waals surface area contributed by atoms with Crippen LogP contribution < -0.4 is 10.1 Å². The van der Waals surface area contributed by atoms with Crippen molar-refractivity contribution in [1.82, 2.24) is 10.2 Å². The van der Waals surface area contributed by atoms with Crippen LogP contribution >= 0.6 is 12.4 Å². The largest absolute Gasteiger partial charge is 0.491 e. The summed E-state index contributed by atoms with van der Waals surface area (Å²) in [5, 5.41) is 3.40. The molecule has 1 N–H and O–H groups in total. The Morgan fingerprint density at radius 1 is 1.42 bits per heavy atom. The van der Waals surface area contributed by atoms with Crippen molar-refractivity contribution in [2.75, 3.05) is 26.3 Å². The van der Waals surface area contributed by atoms with Gasteiger partial charge in [0.15, 0.2) is 0 Å². The average Bonchev–Trinajstić information content (AvgIpc) is 3.09. The molecule has 0 spiro atoms. The highest BCUT2D eigenvalue weighted by molar-refractivity contribution is 5.95. The summed E-state index contributed by atoms with van der Waals surface area (Å²) in [6.45, 7) is 7.17. The molecule has 134 valence electrons. The maximum atomic E-state index is 12.8. The van der Waals surface area contributed by atoms with Crippen LogP contribution in [-0.2, 0) is 4.74 Å². The lowest BCUT2D eigenvalue weighted by Crippen LogP contribution is -2.57. The Labute approximate surface area is 150 Å². The third-order valence-electron chi connectivity index (χ3n) is 4.84. The van der Waals surface area contributed by atoms with Crippen molar-refractivity contribution < 1.29 is 14.3 Å². The van der Waals surface area contributed by atoms with E-state index in [9.17, 15) is 4.79 Å². The number of nitrogens with zero attached hydrogens (tertiary/aromatic N) is 1. The lowest BCUT2D eigenvalue weighted by Gasteiger charge is -2.38. The van der Waals surface area contributed by atoms with Crippen molar-refractivity contribution in [2.45, 2.75) is 44.9 Å². The van der Waals surface area contributed by atoms with Gasteiger partial charge in [-0.15, -0.1) is 12.4 Å². The van der Waals surface area contributed by atoms with Gasteiger partial charge in [-0.2, -0.15) is 0 Å². The average molecular weight is 355 g/mol. The lowest BCUT2D eigenvalue weighted by molar-refractivity contribution is 0.0600. The second-order valence-corrected chi connectivity index (χ2v) is 6.46. The molecular formula is C18H27ClN2O3. The van der Waals surface area contributed by atoms with E-state index in [0.717, 1.165) is 38.3 Å². The van der Waals surface area contributed by atoms with Gasteiger partial charge in [-0.25, -0.2) is 0 Å². The van der Waals surface area contributed by atoms with Gasteiger partial charge in [0, 0.05) is 37.3 Å². The number of amides is 1. The molecule has 0 radical (unpaired) electrons. The van der Waals surface area contributed by atoms with Gasteiger partial charge >= 0.3 is 0 Å². The van der Waals surface area contributed by atoms with E-state index in [1.807, 2.05) is 29.2 Å². The number of nitrogens with one attached hydrogen (secondary N) is 1. The summed E-state index contributed by atoms with van der Waals surface area (Å²) in [4.78, 5) is 14.7. The molecule has 2 heterocycles. The highest BCUT2D eigenvalue weighted by atomic mass is 35.5. The van der Waals surface area contributed by atoms with Crippen molar-refractivity contribution in [3.63, 3.8) is 0 Å². The second kappa shape index (κ2) is 8.70. The maximum Gasteiger partial charge on any atom is 0.254 e. The topological polar surface area (TPSA) is 50.8 Å². The molecular weight excluding hydrogens is 328 g/mol. The molecule has 3 rings (SSSR count). The number of hydrogen-bond acceptors (Lipinski definition) is 4. The van der Waals surface area contributed by atoms with Crippen LogP contribution in [0, 0.1) is 0 Å². The number of benzene rings is 1. The van der Waals surface area contributed by atoms with Gasteiger partial charge in [0.05, 0.1) is 6.10 Å². The second-order valence-electron chi connectivity index (χ2n) is 6.46. The smallest absolute Gasteiger partial charge is 0.254 e. The third-order valence-corrected chi connectivity index (χ3v) is 4.84. The van der Waals surface area contributed by atoms with E-state index < -0.39 is 0 Å². The van der Waals surface area contributed by atoms with Crippen LogP contribution in [0.5, 0.6) is 5.75 Å². The van der Waals surface area contributed by atoms with Crippen LogP contribution in [0.4, 0.5) is 0 Å². The Morgan fingerprint density at radius 2 is 2.25 bits per heavy atom. The number of halogens is 1. The Balaban J connectivity index is 0.00000208. The zero-order chi connectivity index (χ0) is 16.2. The molecule has 3 atom stereocenters. The number of rotatable bonds is 4. The zero-order valence-electron chi connectivity index (χ0n) is 14.4. The molecule has 0 aliphatic carbocycles. The van der Waals surface area contributed by atoms with E-state index in [4.69, 9.17) is 9.47 Å². The van der Waals surface area contributed by atoms with Crippen LogP contribution in [-0.4, -0.2) is 55.3 Å². The Hall–Kier alpha value is -1.30. The van der Waals surface area contributed by atoms with Gasteiger partial charge in [-0.05, 0) is 44.9 Å². The summed E-state index contributed by atoms with van der Waals surface area (Å²) >= 11 is 0. The van der Waals surface area contributed by atoms with Crippen molar-refractivity contribution in [2.24, 2.45) is 0 Å². The van der Waals surface area contributed by atoms with E-state index in [2.05, 4.69) is 19.2 Å². The predicted octanol–water partition coefficient (Wildman–Crippen LogP) is 2.49. The number of ether oxygens (including phenoxy) is 2. The SMILES string of the molecule is CC1NCCN(C(=O)c2cccc(OCC3CCCO3)c2)C1C.Cl. The van der Waals surface area contributed by atoms with Gasteiger partial charge < -0.3 is 19.7 Å². The van der Waals surface area contributed by atoms with Gasteiger partial charge in [0.25, 0.3) is 5.91 Å². The monoisotopic (exact) mass is 354 g/mol. The van der Waals surface area contributed by atoms with E-state index >= 15 is 0 Å².